The molecule has 0 aliphatic rings. The SMILES string of the molecule is COc1ccc(S(=O)(=O)N(C)C)cc1-c1ccc[nH]1. The maximum atomic E-state index is 12.1. The number of aromatic amines is 1. The van der Waals surface area contributed by atoms with Gasteiger partial charge in [-0.1, -0.05) is 0 Å². The molecule has 1 heterocycles. The fourth-order valence-corrected chi connectivity index (χ4v) is 2.70. The van der Waals surface area contributed by atoms with Crippen LogP contribution in [0.2, 0.25) is 0 Å². The number of sulfonamides is 1. The van der Waals surface area contributed by atoms with E-state index in [1.165, 1.54) is 18.4 Å². The molecule has 0 saturated heterocycles. The van der Waals surface area contributed by atoms with Gasteiger partial charge < -0.3 is 9.72 Å². The number of ether oxygens (including phenoxy) is 1. The van der Waals surface area contributed by atoms with E-state index in [-0.39, 0.29) is 4.90 Å². The molecule has 0 unspecified atom stereocenters. The molecular formula is C13H16N2O3S. The first kappa shape index (κ1) is 13.6. The molecule has 0 atom stereocenters. The summed E-state index contributed by atoms with van der Waals surface area (Å²) in [7, 11) is 1.12. The van der Waals surface area contributed by atoms with Crippen LogP contribution < -0.4 is 4.74 Å². The monoisotopic (exact) mass is 280 g/mol. The van der Waals surface area contributed by atoms with Crippen molar-refractivity contribution in [3.63, 3.8) is 0 Å². The quantitative estimate of drug-likeness (QED) is 0.931. The Bertz CT molecular complexity index is 661. The van der Waals surface area contributed by atoms with Gasteiger partial charge in [-0.15, -0.1) is 0 Å². The summed E-state index contributed by atoms with van der Waals surface area (Å²) >= 11 is 0. The first-order chi connectivity index (χ1) is 8.96. The second kappa shape index (κ2) is 5.07. The fourth-order valence-electron chi connectivity index (χ4n) is 1.77. The van der Waals surface area contributed by atoms with Crippen LogP contribution in [0.4, 0.5) is 0 Å². The number of hydrogen-bond acceptors (Lipinski definition) is 3. The average molecular weight is 280 g/mol. The highest BCUT2D eigenvalue weighted by atomic mass is 32.2. The van der Waals surface area contributed by atoms with E-state index in [0.717, 1.165) is 11.3 Å². The lowest BCUT2D eigenvalue weighted by molar-refractivity contribution is 0.416. The van der Waals surface area contributed by atoms with Crippen molar-refractivity contribution in [3.05, 3.63) is 36.5 Å². The lowest BCUT2D eigenvalue weighted by Crippen LogP contribution is -2.22. The second-order valence-electron chi connectivity index (χ2n) is 4.23. The summed E-state index contributed by atoms with van der Waals surface area (Å²) in [4.78, 5) is 3.29. The Kier molecular flexibility index (Phi) is 3.64. The molecule has 19 heavy (non-hydrogen) atoms. The number of rotatable bonds is 4. The highest BCUT2D eigenvalue weighted by molar-refractivity contribution is 7.89. The molecule has 2 rings (SSSR count). The molecule has 0 amide bonds. The summed E-state index contributed by atoms with van der Waals surface area (Å²) in [5, 5.41) is 0. The maximum absolute atomic E-state index is 12.1. The number of aromatic nitrogens is 1. The van der Waals surface area contributed by atoms with E-state index >= 15 is 0 Å². The Morgan fingerprint density at radius 1 is 1.21 bits per heavy atom. The van der Waals surface area contributed by atoms with E-state index < -0.39 is 10.0 Å². The fraction of sp³-hybridized carbons (Fsp3) is 0.231. The Morgan fingerprint density at radius 3 is 2.47 bits per heavy atom. The summed E-state index contributed by atoms with van der Waals surface area (Å²) in [6.45, 7) is 0. The minimum atomic E-state index is -3.45. The zero-order valence-electron chi connectivity index (χ0n) is 11.0. The van der Waals surface area contributed by atoms with Gasteiger partial charge in [0, 0.05) is 31.5 Å². The summed E-state index contributed by atoms with van der Waals surface area (Å²) in [6, 6.07) is 8.53. The van der Waals surface area contributed by atoms with Gasteiger partial charge in [0.1, 0.15) is 5.75 Å². The molecule has 0 aliphatic heterocycles. The van der Waals surface area contributed by atoms with Crippen LogP contribution >= 0.6 is 0 Å². The Balaban J connectivity index is 2.61. The van der Waals surface area contributed by atoms with Gasteiger partial charge in [0.2, 0.25) is 10.0 Å². The van der Waals surface area contributed by atoms with E-state index in [0.29, 0.717) is 5.75 Å². The third-order valence-corrected chi connectivity index (χ3v) is 4.65. The number of H-pyrrole nitrogens is 1. The summed E-state index contributed by atoms with van der Waals surface area (Å²) in [5.74, 6) is 0.625. The van der Waals surface area contributed by atoms with E-state index in [9.17, 15) is 8.42 Å². The van der Waals surface area contributed by atoms with E-state index in [1.807, 2.05) is 12.1 Å². The molecule has 1 N–H and O–H groups in total. The third kappa shape index (κ3) is 2.50. The van der Waals surface area contributed by atoms with Crippen LogP contribution in [0.25, 0.3) is 11.3 Å². The van der Waals surface area contributed by atoms with Gasteiger partial charge in [-0.25, -0.2) is 12.7 Å². The van der Waals surface area contributed by atoms with Crippen LogP contribution in [-0.2, 0) is 10.0 Å². The van der Waals surface area contributed by atoms with Crippen LogP contribution in [0.15, 0.2) is 41.4 Å². The lowest BCUT2D eigenvalue weighted by Gasteiger charge is -2.14. The van der Waals surface area contributed by atoms with Crippen LogP contribution in [0.1, 0.15) is 0 Å². The molecule has 6 heteroatoms. The standard InChI is InChI=1S/C13H16N2O3S/c1-15(2)19(16,17)10-6-7-13(18-3)11(9-10)12-5-4-8-14-12/h4-9,14H,1-3H3. The molecular weight excluding hydrogens is 264 g/mol. The molecule has 0 spiro atoms. The van der Waals surface area contributed by atoms with Gasteiger partial charge in [-0.05, 0) is 30.3 Å². The average Bonchev–Trinajstić information content (AvgIpc) is 2.91. The number of methoxy groups -OCH3 is 1. The largest absolute Gasteiger partial charge is 0.496 e. The van der Waals surface area contributed by atoms with Gasteiger partial charge in [0.25, 0.3) is 0 Å². The first-order valence-corrected chi connectivity index (χ1v) is 7.15. The highest BCUT2D eigenvalue weighted by Gasteiger charge is 2.19. The Hall–Kier alpha value is -1.79. The number of nitrogens with one attached hydrogen (secondary N) is 1. The van der Waals surface area contributed by atoms with Crippen molar-refractivity contribution in [2.24, 2.45) is 0 Å². The van der Waals surface area contributed by atoms with Crippen LogP contribution in [0.3, 0.4) is 0 Å². The minimum Gasteiger partial charge on any atom is -0.496 e. The van der Waals surface area contributed by atoms with Crippen molar-refractivity contribution in [1.82, 2.24) is 9.29 Å². The molecule has 0 bridgehead atoms. The second-order valence-corrected chi connectivity index (χ2v) is 6.39. The predicted octanol–water partition coefficient (Wildman–Crippen LogP) is 1.94. The zero-order chi connectivity index (χ0) is 14.0. The topological polar surface area (TPSA) is 62.4 Å². The zero-order valence-corrected chi connectivity index (χ0v) is 11.9. The van der Waals surface area contributed by atoms with E-state index in [1.54, 1.807) is 31.5 Å². The molecule has 0 saturated carbocycles. The van der Waals surface area contributed by atoms with Crippen LogP contribution in [0, 0.1) is 0 Å². The van der Waals surface area contributed by atoms with Gasteiger partial charge >= 0.3 is 0 Å². The number of nitrogens with zero attached hydrogens (tertiary/aromatic N) is 1. The van der Waals surface area contributed by atoms with Crippen molar-refractivity contribution >= 4 is 10.0 Å². The van der Waals surface area contributed by atoms with E-state index in [2.05, 4.69) is 4.98 Å². The van der Waals surface area contributed by atoms with Crippen molar-refractivity contribution in [2.75, 3.05) is 21.2 Å². The molecule has 1 aromatic carbocycles. The lowest BCUT2D eigenvalue weighted by atomic mass is 10.1. The van der Waals surface area contributed by atoms with Gasteiger partial charge in [-0.2, -0.15) is 0 Å². The van der Waals surface area contributed by atoms with Crippen molar-refractivity contribution < 1.29 is 13.2 Å². The van der Waals surface area contributed by atoms with Crippen molar-refractivity contribution in [2.45, 2.75) is 4.90 Å². The molecule has 5 nitrogen and oxygen atoms in total. The first-order valence-electron chi connectivity index (χ1n) is 5.71. The maximum Gasteiger partial charge on any atom is 0.242 e. The minimum absolute atomic E-state index is 0.239. The van der Waals surface area contributed by atoms with Gasteiger partial charge in [0.05, 0.1) is 12.0 Å². The smallest absolute Gasteiger partial charge is 0.242 e. The Labute approximate surface area is 112 Å². The number of hydrogen-bond donors (Lipinski definition) is 1. The molecule has 0 fully saturated rings. The highest BCUT2D eigenvalue weighted by Crippen LogP contribution is 2.31. The van der Waals surface area contributed by atoms with Crippen molar-refractivity contribution in [1.29, 1.82) is 0 Å². The Morgan fingerprint density at radius 2 is 1.95 bits per heavy atom. The van der Waals surface area contributed by atoms with Gasteiger partial charge in [-0.3, -0.25) is 0 Å². The molecule has 2 aromatic rings. The summed E-state index contributed by atoms with van der Waals surface area (Å²) < 4.78 is 30.7. The van der Waals surface area contributed by atoms with Crippen LogP contribution in [0.5, 0.6) is 5.75 Å². The molecule has 0 aliphatic carbocycles. The van der Waals surface area contributed by atoms with Crippen molar-refractivity contribution in [3.8, 4) is 17.0 Å². The normalized spacial score (nSPS) is 11.8. The summed E-state index contributed by atoms with van der Waals surface area (Å²) in [5.41, 5.74) is 1.53. The predicted molar refractivity (Wildman–Crippen MR) is 73.7 cm³/mol. The molecule has 0 radical (unpaired) electrons. The third-order valence-electron chi connectivity index (χ3n) is 2.84. The number of benzene rings is 1. The van der Waals surface area contributed by atoms with Crippen LogP contribution in [-0.4, -0.2) is 38.9 Å². The van der Waals surface area contributed by atoms with E-state index in [4.69, 9.17) is 4.74 Å². The van der Waals surface area contributed by atoms with Gasteiger partial charge in [0.15, 0.2) is 0 Å². The molecule has 1 aromatic heterocycles. The summed E-state index contributed by atoms with van der Waals surface area (Å²) in [6.07, 6.45) is 1.78. The molecule has 102 valence electrons.